The van der Waals surface area contributed by atoms with E-state index in [-0.39, 0.29) is 49.5 Å². The number of carbonyl (C=O) groups excluding carboxylic acids is 3. The predicted molar refractivity (Wildman–Crippen MR) is 105 cm³/mol. The minimum atomic E-state index is -0.455. The Morgan fingerprint density at radius 1 is 1.03 bits per heavy atom. The molecule has 9 heteroatoms. The standard InChI is InChI=1S/C22H18FN3O5/c23-15-8-6-14(7-9-15)20-24-18(31-25-20)10-11-19(27)30-13-3-12-26-21(28)16-4-1-2-5-17(16)22(26)29/h1-2,4-9H,3,10-13H2. The van der Waals surface area contributed by atoms with Crippen LogP contribution in [0.2, 0.25) is 0 Å². The zero-order valence-electron chi connectivity index (χ0n) is 16.4. The van der Waals surface area contributed by atoms with Gasteiger partial charge in [-0.05, 0) is 42.8 Å². The van der Waals surface area contributed by atoms with Gasteiger partial charge in [-0.3, -0.25) is 19.3 Å². The molecule has 1 aliphatic rings. The molecule has 8 nitrogen and oxygen atoms in total. The zero-order chi connectivity index (χ0) is 21.8. The highest BCUT2D eigenvalue weighted by molar-refractivity contribution is 6.21. The molecule has 2 amide bonds. The minimum absolute atomic E-state index is 0.0397. The Bertz CT molecular complexity index is 1090. The molecule has 158 valence electrons. The van der Waals surface area contributed by atoms with Gasteiger partial charge < -0.3 is 9.26 Å². The van der Waals surface area contributed by atoms with E-state index in [2.05, 4.69) is 10.1 Å². The summed E-state index contributed by atoms with van der Waals surface area (Å²) in [6.07, 6.45) is 0.579. The predicted octanol–water partition coefficient (Wildman–Crippen LogP) is 3.04. The van der Waals surface area contributed by atoms with Gasteiger partial charge in [-0.2, -0.15) is 4.98 Å². The molecule has 0 radical (unpaired) electrons. The third kappa shape index (κ3) is 4.50. The molecule has 0 N–H and O–H groups in total. The van der Waals surface area contributed by atoms with Gasteiger partial charge in [0.25, 0.3) is 11.8 Å². The van der Waals surface area contributed by atoms with Crippen molar-refractivity contribution in [1.82, 2.24) is 15.0 Å². The second kappa shape index (κ2) is 8.86. The number of aromatic nitrogens is 2. The number of halogens is 1. The Morgan fingerprint density at radius 2 is 1.71 bits per heavy atom. The Labute approximate surface area is 176 Å². The summed E-state index contributed by atoms with van der Waals surface area (Å²) in [7, 11) is 0. The quantitative estimate of drug-likeness (QED) is 0.312. The minimum Gasteiger partial charge on any atom is -0.466 e. The molecule has 2 heterocycles. The van der Waals surface area contributed by atoms with E-state index < -0.39 is 5.97 Å². The number of rotatable bonds is 8. The molecule has 0 bridgehead atoms. The monoisotopic (exact) mass is 423 g/mol. The first kappa shape index (κ1) is 20.4. The van der Waals surface area contributed by atoms with Gasteiger partial charge in [-0.25, -0.2) is 4.39 Å². The van der Waals surface area contributed by atoms with Crippen molar-refractivity contribution in [3.8, 4) is 11.4 Å². The van der Waals surface area contributed by atoms with Gasteiger partial charge in [0.15, 0.2) is 0 Å². The van der Waals surface area contributed by atoms with Gasteiger partial charge in [0.1, 0.15) is 5.82 Å². The van der Waals surface area contributed by atoms with Gasteiger partial charge in [0, 0.05) is 18.5 Å². The van der Waals surface area contributed by atoms with Crippen molar-refractivity contribution < 1.29 is 28.0 Å². The van der Waals surface area contributed by atoms with Crippen LogP contribution in [0.1, 0.15) is 39.4 Å². The molecule has 4 rings (SSSR count). The summed E-state index contributed by atoms with van der Waals surface area (Å²) in [4.78, 5) is 41.8. The molecule has 3 aromatic rings. The van der Waals surface area contributed by atoms with E-state index in [1.165, 1.54) is 24.3 Å². The van der Waals surface area contributed by atoms with Crippen LogP contribution in [0.15, 0.2) is 53.1 Å². The lowest BCUT2D eigenvalue weighted by molar-refractivity contribution is -0.143. The number of ether oxygens (including phenoxy) is 1. The summed E-state index contributed by atoms with van der Waals surface area (Å²) < 4.78 is 23.2. The number of esters is 1. The highest BCUT2D eigenvalue weighted by Crippen LogP contribution is 2.22. The number of benzene rings is 2. The SMILES string of the molecule is O=C(CCc1nc(-c2ccc(F)cc2)no1)OCCCN1C(=O)c2ccccc2C1=O. The van der Waals surface area contributed by atoms with Gasteiger partial charge in [-0.1, -0.05) is 17.3 Å². The van der Waals surface area contributed by atoms with E-state index in [4.69, 9.17) is 9.26 Å². The number of imide groups is 1. The normalized spacial score (nSPS) is 12.9. The van der Waals surface area contributed by atoms with Crippen LogP contribution in [0.4, 0.5) is 4.39 Å². The molecular formula is C22H18FN3O5. The number of hydrogen-bond acceptors (Lipinski definition) is 7. The largest absolute Gasteiger partial charge is 0.466 e. The van der Waals surface area contributed by atoms with E-state index >= 15 is 0 Å². The van der Waals surface area contributed by atoms with Crippen molar-refractivity contribution >= 4 is 17.8 Å². The lowest BCUT2D eigenvalue weighted by Gasteiger charge is -2.13. The van der Waals surface area contributed by atoms with Crippen molar-refractivity contribution in [2.45, 2.75) is 19.3 Å². The summed E-state index contributed by atoms with van der Waals surface area (Å²) in [6, 6.07) is 12.3. The maximum absolute atomic E-state index is 13.0. The summed E-state index contributed by atoms with van der Waals surface area (Å²) in [5, 5.41) is 3.81. The Balaban J connectivity index is 1.19. The van der Waals surface area contributed by atoms with Crippen molar-refractivity contribution in [2.24, 2.45) is 0 Å². The molecular weight excluding hydrogens is 405 g/mol. The third-order valence-corrected chi connectivity index (χ3v) is 4.78. The molecule has 0 fully saturated rings. The first-order valence-electron chi connectivity index (χ1n) is 9.72. The number of aryl methyl sites for hydroxylation is 1. The van der Waals surface area contributed by atoms with Gasteiger partial charge in [0.05, 0.1) is 24.2 Å². The van der Waals surface area contributed by atoms with Crippen LogP contribution < -0.4 is 0 Å². The van der Waals surface area contributed by atoms with E-state index in [0.29, 0.717) is 28.9 Å². The highest BCUT2D eigenvalue weighted by Gasteiger charge is 2.34. The van der Waals surface area contributed by atoms with Crippen molar-refractivity contribution in [3.63, 3.8) is 0 Å². The van der Waals surface area contributed by atoms with Crippen LogP contribution in [-0.2, 0) is 16.0 Å². The number of hydrogen-bond donors (Lipinski definition) is 0. The number of carbonyl (C=O) groups is 3. The first-order valence-corrected chi connectivity index (χ1v) is 9.72. The lowest BCUT2D eigenvalue weighted by Crippen LogP contribution is -2.31. The smallest absolute Gasteiger partial charge is 0.306 e. The van der Waals surface area contributed by atoms with Crippen LogP contribution in [0, 0.1) is 5.82 Å². The Kier molecular flexibility index (Phi) is 5.83. The van der Waals surface area contributed by atoms with Gasteiger partial charge in [0.2, 0.25) is 11.7 Å². The highest BCUT2D eigenvalue weighted by atomic mass is 19.1. The summed E-state index contributed by atoms with van der Waals surface area (Å²) in [6.45, 7) is 0.251. The third-order valence-electron chi connectivity index (χ3n) is 4.78. The van der Waals surface area contributed by atoms with Crippen LogP contribution in [0.5, 0.6) is 0 Å². The van der Waals surface area contributed by atoms with Gasteiger partial charge >= 0.3 is 5.97 Å². The fourth-order valence-corrected chi connectivity index (χ4v) is 3.20. The van der Waals surface area contributed by atoms with E-state index in [0.717, 1.165) is 4.90 Å². The summed E-state index contributed by atoms with van der Waals surface area (Å²) in [5.41, 5.74) is 1.39. The second-order valence-corrected chi connectivity index (χ2v) is 6.90. The first-order chi connectivity index (χ1) is 15.0. The van der Waals surface area contributed by atoms with Crippen molar-refractivity contribution in [2.75, 3.05) is 13.2 Å². The molecule has 2 aromatic carbocycles. The second-order valence-electron chi connectivity index (χ2n) is 6.90. The molecule has 0 saturated heterocycles. The van der Waals surface area contributed by atoms with Gasteiger partial charge in [-0.15, -0.1) is 0 Å². The molecule has 31 heavy (non-hydrogen) atoms. The lowest BCUT2D eigenvalue weighted by atomic mass is 10.1. The van der Waals surface area contributed by atoms with Crippen LogP contribution in [0.25, 0.3) is 11.4 Å². The number of amides is 2. The molecule has 1 aliphatic heterocycles. The van der Waals surface area contributed by atoms with Crippen LogP contribution >= 0.6 is 0 Å². The van der Waals surface area contributed by atoms with Crippen LogP contribution in [-0.4, -0.2) is 46.0 Å². The van der Waals surface area contributed by atoms with E-state index in [1.54, 1.807) is 24.3 Å². The van der Waals surface area contributed by atoms with Crippen molar-refractivity contribution in [3.05, 3.63) is 71.4 Å². The molecule has 0 saturated carbocycles. The molecule has 0 unspecified atom stereocenters. The summed E-state index contributed by atoms with van der Waals surface area (Å²) in [5.74, 6) is -0.908. The summed E-state index contributed by atoms with van der Waals surface area (Å²) >= 11 is 0. The molecule has 0 spiro atoms. The van der Waals surface area contributed by atoms with Crippen molar-refractivity contribution in [1.29, 1.82) is 0 Å². The van der Waals surface area contributed by atoms with E-state index in [9.17, 15) is 18.8 Å². The number of fused-ring (bicyclic) bond motifs is 1. The fraction of sp³-hybridized carbons (Fsp3) is 0.227. The maximum atomic E-state index is 13.0. The average Bonchev–Trinajstić information content (AvgIpc) is 3.35. The zero-order valence-corrected chi connectivity index (χ0v) is 16.4. The Morgan fingerprint density at radius 3 is 2.39 bits per heavy atom. The van der Waals surface area contributed by atoms with Crippen LogP contribution in [0.3, 0.4) is 0 Å². The molecule has 0 atom stereocenters. The maximum Gasteiger partial charge on any atom is 0.306 e. The average molecular weight is 423 g/mol. The Hall–Kier alpha value is -3.88. The fourth-order valence-electron chi connectivity index (χ4n) is 3.20. The molecule has 1 aromatic heterocycles. The van der Waals surface area contributed by atoms with E-state index in [1.807, 2.05) is 0 Å². The topological polar surface area (TPSA) is 103 Å². The molecule has 0 aliphatic carbocycles. The number of nitrogens with zero attached hydrogens (tertiary/aromatic N) is 3.